The summed E-state index contributed by atoms with van der Waals surface area (Å²) >= 11 is 0. The van der Waals surface area contributed by atoms with E-state index >= 15 is 0 Å². The highest BCUT2D eigenvalue weighted by Crippen LogP contribution is 2.62. The van der Waals surface area contributed by atoms with Gasteiger partial charge in [-0.1, -0.05) is 30.3 Å². The lowest BCUT2D eigenvalue weighted by molar-refractivity contribution is -0.00633. The Kier molecular flexibility index (Phi) is 5.00. The normalized spacial score (nSPS) is 28.4. The zero-order valence-electron chi connectivity index (χ0n) is 18.7. The van der Waals surface area contributed by atoms with Crippen molar-refractivity contribution in [3.8, 4) is 16.9 Å². The number of benzene rings is 3. The zero-order valence-corrected chi connectivity index (χ0v) is 18.7. The third-order valence-corrected chi connectivity index (χ3v) is 8.39. The monoisotopic (exact) mass is 427 g/mol. The minimum Gasteiger partial charge on any atom is -0.492 e. The Labute approximate surface area is 190 Å². The van der Waals surface area contributed by atoms with Gasteiger partial charge in [-0.15, -0.1) is 0 Å². The smallest absolute Gasteiger partial charge is 0.123 e. The largest absolute Gasteiger partial charge is 0.492 e. The highest BCUT2D eigenvalue weighted by Gasteiger charge is 2.52. The van der Waals surface area contributed by atoms with Gasteiger partial charge in [0.25, 0.3) is 0 Å². The second-order valence-corrected chi connectivity index (χ2v) is 10.6. The Balaban J connectivity index is 1.43. The number of fused-ring (bicyclic) bond motifs is 1. The van der Waals surface area contributed by atoms with Crippen LogP contribution >= 0.6 is 0 Å². The molecule has 0 heterocycles. The van der Waals surface area contributed by atoms with E-state index in [1.807, 2.05) is 6.07 Å². The first kappa shape index (κ1) is 20.3. The first-order valence-corrected chi connectivity index (χ1v) is 12.3. The van der Waals surface area contributed by atoms with Crippen LogP contribution in [0.15, 0.2) is 54.6 Å². The minimum absolute atomic E-state index is 0.0797. The van der Waals surface area contributed by atoms with Crippen LogP contribution in [0, 0.1) is 17.8 Å². The van der Waals surface area contributed by atoms with E-state index in [0.29, 0.717) is 13.2 Å². The molecule has 0 unspecified atom stereocenters. The number of nitrogens with two attached hydrogens (primary N) is 1. The van der Waals surface area contributed by atoms with Crippen molar-refractivity contribution in [1.29, 1.82) is 0 Å². The number of aliphatic hydroxyl groups excluding tert-OH is 1. The maximum atomic E-state index is 9.44. The molecule has 4 fully saturated rings. The van der Waals surface area contributed by atoms with Gasteiger partial charge in [0.15, 0.2) is 0 Å². The van der Waals surface area contributed by atoms with Crippen molar-refractivity contribution >= 4 is 10.8 Å². The molecule has 166 valence electrons. The van der Waals surface area contributed by atoms with Crippen LogP contribution in [0.4, 0.5) is 0 Å². The summed E-state index contributed by atoms with van der Waals surface area (Å²) in [7, 11) is 0. The molecule has 4 aliphatic rings. The molecule has 3 aromatic rings. The van der Waals surface area contributed by atoms with Crippen LogP contribution in [0.3, 0.4) is 0 Å². The zero-order chi connectivity index (χ0) is 21.7. The molecule has 3 heteroatoms. The van der Waals surface area contributed by atoms with Gasteiger partial charge in [-0.2, -0.15) is 0 Å². The van der Waals surface area contributed by atoms with E-state index < -0.39 is 0 Å². The van der Waals surface area contributed by atoms with Crippen LogP contribution in [0.2, 0.25) is 0 Å². The van der Waals surface area contributed by atoms with Crippen LogP contribution in [-0.4, -0.2) is 18.3 Å². The molecule has 3 aromatic carbocycles. The van der Waals surface area contributed by atoms with Gasteiger partial charge in [0.05, 0.1) is 6.61 Å². The molecule has 0 amide bonds. The van der Waals surface area contributed by atoms with Gasteiger partial charge in [0.1, 0.15) is 12.4 Å². The Morgan fingerprint density at radius 1 is 0.812 bits per heavy atom. The third-order valence-electron chi connectivity index (χ3n) is 8.39. The topological polar surface area (TPSA) is 55.5 Å². The van der Waals surface area contributed by atoms with Crippen LogP contribution < -0.4 is 10.5 Å². The fourth-order valence-electron chi connectivity index (χ4n) is 7.43. The van der Waals surface area contributed by atoms with Crippen molar-refractivity contribution in [2.45, 2.75) is 50.5 Å². The van der Waals surface area contributed by atoms with E-state index in [2.05, 4.69) is 48.5 Å². The van der Waals surface area contributed by atoms with Gasteiger partial charge in [-0.3, -0.25) is 0 Å². The van der Waals surface area contributed by atoms with E-state index in [4.69, 9.17) is 10.5 Å². The molecular formula is C29H33NO2. The van der Waals surface area contributed by atoms with Crippen LogP contribution in [-0.2, 0) is 12.0 Å². The van der Waals surface area contributed by atoms with Crippen LogP contribution in [0.5, 0.6) is 5.75 Å². The van der Waals surface area contributed by atoms with Crippen molar-refractivity contribution < 1.29 is 9.84 Å². The maximum absolute atomic E-state index is 9.44. The molecule has 0 atom stereocenters. The number of rotatable bonds is 6. The standard InChI is InChI=1S/C29H33NO2/c30-7-8-32-28-6-5-26(25-4-3-23-12-19(18-31)1-2-24(23)13-25)14-27(28)29-15-20-9-21(16-29)11-22(10-20)17-29/h1-6,12-14,20-22,31H,7-11,15-18,30H2. The SMILES string of the molecule is NCCOc1ccc(-c2ccc3cc(CO)ccc3c2)cc1C12CC3CC(CC(C3)C1)C2. The van der Waals surface area contributed by atoms with Gasteiger partial charge in [-0.05, 0) is 113 Å². The summed E-state index contributed by atoms with van der Waals surface area (Å²) in [5.74, 6) is 3.74. The summed E-state index contributed by atoms with van der Waals surface area (Å²) < 4.78 is 6.21. The minimum atomic E-state index is 0.0797. The van der Waals surface area contributed by atoms with Gasteiger partial charge in [0, 0.05) is 12.1 Å². The lowest BCUT2D eigenvalue weighted by Crippen LogP contribution is -2.48. The average molecular weight is 428 g/mol. The fraction of sp³-hybridized carbons (Fsp3) is 0.448. The van der Waals surface area contributed by atoms with E-state index in [0.717, 1.165) is 29.1 Å². The Hall–Kier alpha value is -2.36. The van der Waals surface area contributed by atoms with Gasteiger partial charge < -0.3 is 15.6 Å². The maximum Gasteiger partial charge on any atom is 0.123 e. The summed E-state index contributed by atoms with van der Waals surface area (Å²) in [4.78, 5) is 0. The van der Waals surface area contributed by atoms with Crippen molar-refractivity contribution in [1.82, 2.24) is 0 Å². The fourth-order valence-corrected chi connectivity index (χ4v) is 7.43. The Morgan fingerprint density at radius 3 is 2.12 bits per heavy atom. The van der Waals surface area contributed by atoms with Crippen molar-refractivity contribution in [3.05, 3.63) is 65.7 Å². The van der Waals surface area contributed by atoms with Gasteiger partial charge in [0.2, 0.25) is 0 Å². The highest BCUT2D eigenvalue weighted by molar-refractivity contribution is 5.88. The summed E-state index contributed by atoms with van der Waals surface area (Å²) in [6.07, 6.45) is 8.30. The molecule has 4 aliphatic carbocycles. The predicted molar refractivity (Wildman–Crippen MR) is 130 cm³/mol. The highest BCUT2D eigenvalue weighted by atomic mass is 16.5. The molecule has 7 rings (SSSR count). The average Bonchev–Trinajstić information content (AvgIpc) is 2.81. The van der Waals surface area contributed by atoms with Crippen molar-refractivity contribution in [2.24, 2.45) is 23.5 Å². The van der Waals surface area contributed by atoms with E-state index in [1.165, 1.54) is 66.0 Å². The molecule has 0 spiro atoms. The van der Waals surface area contributed by atoms with Crippen LogP contribution in [0.1, 0.15) is 49.7 Å². The van der Waals surface area contributed by atoms with Crippen molar-refractivity contribution in [3.63, 3.8) is 0 Å². The summed E-state index contributed by atoms with van der Waals surface area (Å²) in [5, 5.41) is 11.8. The van der Waals surface area contributed by atoms with E-state index in [9.17, 15) is 5.11 Å². The first-order valence-electron chi connectivity index (χ1n) is 12.3. The number of hydrogen-bond acceptors (Lipinski definition) is 3. The first-order chi connectivity index (χ1) is 15.7. The molecule has 3 nitrogen and oxygen atoms in total. The Morgan fingerprint density at radius 2 is 1.44 bits per heavy atom. The predicted octanol–water partition coefficient (Wildman–Crippen LogP) is 5.80. The van der Waals surface area contributed by atoms with Gasteiger partial charge in [-0.25, -0.2) is 0 Å². The third kappa shape index (κ3) is 3.43. The number of aliphatic hydroxyl groups is 1. The second-order valence-electron chi connectivity index (χ2n) is 10.6. The molecule has 32 heavy (non-hydrogen) atoms. The summed E-state index contributed by atoms with van der Waals surface area (Å²) in [6.45, 7) is 1.20. The molecular weight excluding hydrogens is 394 g/mol. The molecule has 0 saturated heterocycles. The van der Waals surface area contributed by atoms with E-state index in [-0.39, 0.29) is 12.0 Å². The van der Waals surface area contributed by atoms with Gasteiger partial charge >= 0.3 is 0 Å². The second kappa shape index (κ2) is 7.90. The van der Waals surface area contributed by atoms with Crippen LogP contribution in [0.25, 0.3) is 21.9 Å². The molecule has 0 radical (unpaired) electrons. The number of hydrogen-bond donors (Lipinski definition) is 2. The van der Waals surface area contributed by atoms with Crippen molar-refractivity contribution in [2.75, 3.05) is 13.2 Å². The molecule has 3 N–H and O–H groups in total. The molecule has 0 aliphatic heterocycles. The summed E-state index contributed by atoms with van der Waals surface area (Å²) in [5.41, 5.74) is 11.0. The Bertz CT molecular complexity index is 1120. The lowest BCUT2D eigenvalue weighted by Gasteiger charge is -2.57. The molecule has 4 saturated carbocycles. The summed E-state index contributed by atoms with van der Waals surface area (Å²) in [6, 6.07) is 19.7. The number of ether oxygens (including phenoxy) is 1. The lowest BCUT2D eigenvalue weighted by atomic mass is 9.48. The quantitative estimate of drug-likeness (QED) is 0.522. The molecule has 0 aromatic heterocycles. The van der Waals surface area contributed by atoms with E-state index in [1.54, 1.807) is 0 Å². The molecule has 4 bridgehead atoms.